The first kappa shape index (κ1) is 19.2. The molecule has 142 valence electrons. The Labute approximate surface area is 162 Å². The van der Waals surface area contributed by atoms with Gasteiger partial charge in [-0.3, -0.25) is 9.59 Å². The van der Waals surface area contributed by atoms with Crippen LogP contribution < -0.4 is 5.32 Å². The van der Waals surface area contributed by atoms with Crippen LogP contribution >= 0.6 is 0 Å². The molecule has 0 unspecified atom stereocenters. The van der Waals surface area contributed by atoms with Crippen LogP contribution in [0.1, 0.15) is 28.2 Å². The number of nitrogens with zero attached hydrogens (tertiary/aromatic N) is 2. The average molecular weight is 377 g/mol. The Morgan fingerprint density at radius 3 is 2.46 bits per heavy atom. The van der Waals surface area contributed by atoms with E-state index in [1.54, 1.807) is 30.1 Å². The van der Waals surface area contributed by atoms with E-state index in [1.165, 1.54) is 30.3 Å². The lowest BCUT2D eigenvalue weighted by Crippen LogP contribution is -2.12. The molecular weight excluding hydrogens is 357 g/mol. The second kappa shape index (κ2) is 8.90. The molecule has 0 radical (unpaired) electrons. The lowest BCUT2D eigenvalue weighted by atomic mass is 10.1. The van der Waals surface area contributed by atoms with Crippen LogP contribution in [0.15, 0.2) is 67.0 Å². The predicted molar refractivity (Wildman–Crippen MR) is 106 cm³/mol. The normalized spacial score (nSPS) is 10.9. The highest BCUT2D eigenvalue weighted by Crippen LogP contribution is 2.12. The molecule has 1 N–H and O–H groups in total. The summed E-state index contributed by atoms with van der Waals surface area (Å²) in [7, 11) is 1.77. The molecule has 0 fully saturated rings. The number of halogens is 1. The number of hydrogen-bond acceptors (Lipinski definition) is 3. The van der Waals surface area contributed by atoms with E-state index < -0.39 is 0 Å². The molecule has 0 saturated heterocycles. The van der Waals surface area contributed by atoms with Crippen LogP contribution in [-0.4, -0.2) is 21.2 Å². The highest BCUT2D eigenvalue weighted by molar-refractivity contribution is 6.04. The second-order valence-corrected chi connectivity index (χ2v) is 6.36. The molecular formula is C22H20FN3O2. The van der Waals surface area contributed by atoms with Crippen molar-refractivity contribution in [3.05, 3.63) is 89.8 Å². The molecule has 1 heterocycles. The molecule has 0 saturated carbocycles. The smallest absolute Gasteiger partial charge is 0.224 e. The van der Waals surface area contributed by atoms with Crippen LogP contribution in [0.25, 0.3) is 6.08 Å². The van der Waals surface area contributed by atoms with E-state index in [0.29, 0.717) is 24.4 Å². The zero-order chi connectivity index (χ0) is 19.9. The van der Waals surface area contributed by atoms with Crippen molar-refractivity contribution in [3.63, 3.8) is 0 Å². The molecule has 1 amide bonds. The minimum absolute atomic E-state index is 0.128. The van der Waals surface area contributed by atoms with Crippen LogP contribution in [0.4, 0.5) is 10.1 Å². The Balaban J connectivity index is 1.50. The first-order valence-corrected chi connectivity index (χ1v) is 8.85. The minimum atomic E-state index is -0.339. The van der Waals surface area contributed by atoms with Gasteiger partial charge in [0.15, 0.2) is 5.82 Å². The van der Waals surface area contributed by atoms with Gasteiger partial charge in [0.2, 0.25) is 11.7 Å². The van der Waals surface area contributed by atoms with Gasteiger partial charge in [-0.25, -0.2) is 9.37 Å². The Kier molecular flexibility index (Phi) is 6.11. The molecule has 3 aromatic rings. The maximum absolute atomic E-state index is 12.9. The van der Waals surface area contributed by atoms with Gasteiger partial charge >= 0.3 is 0 Å². The third kappa shape index (κ3) is 5.23. The summed E-state index contributed by atoms with van der Waals surface area (Å²) in [5.74, 6) is -0.237. The quantitative estimate of drug-likeness (QED) is 0.499. The number of hydrogen-bond donors (Lipinski definition) is 1. The van der Waals surface area contributed by atoms with Gasteiger partial charge in [0, 0.05) is 31.5 Å². The number of rotatable bonds is 7. The van der Waals surface area contributed by atoms with Crippen molar-refractivity contribution in [2.45, 2.75) is 12.8 Å². The first-order valence-electron chi connectivity index (χ1n) is 8.85. The maximum atomic E-state index is 12.9. The second-order valence-electron chi connectivity index (χ2n) is 6.36. The first-order chi connectivity index (χ1) is 13.5. The molecule has 5 nitrogen and oxygen atoms in total. The Bertz CT molecular complexity index is 989. The summed E-state index contributed by atoms with van der Waals surface area (Å²) < 4.78 is 14.5. The van der Waals surface area contributed by atoms with Crippen molar-refractivity contribution >= 4 is 23.5 Å². The van der Waals surface area contributed by atoms with E-state index in [0.717, 1.165) is 11.1 Å². The predicted octanol–water partition coefficient (Wildman–Crippen LogP) is 4.03. The summed E-state index contributed by atoms with van der Waals surface area (Å²) in [5, 5.41) is 2.74. The van der Waals surface area contributed by atoms with Crippen LogP contribution in [0.3, 0.4) is 0 Å². The van der Waals surface area contributed by atoms with Crippen LogP contribution in [-0.2, 0) is 18.3 Å². The third-order valence-electron chi connectivity index (χ3n) is 4.22. The van der Waals surface area contributed by atoms with E-state index in [2.05, 4.69) is 10.3 Å². The van der Waals surface area contributed by atoms with Gasteiger partial charge in [-0.2, -0.15) is 0 Å². The molecule has 0 aliphatic rings. The molecule has 2 aromatic carbocycles. The van der Waals surface area contributed by atoms with Gasteiger partial charge < -0.3 is 9.88 Å². The summed E-state index contributed by atoms with van der Waals surface area (Å²) in [6.45, 7) is 0. The van der Waals surface area contributed by atoms with Crippen LogP contribution in [0, 0.1) is 5.82 Å². The SMILES string of the molecule is Cn1ccnc1C(=O)/C=C/c1ccc(CCC(=O)Nc2ccc(F)cc2)cc1. The Hall–Kier alpha value is -3.54. The van der Waals surface area contributed by atoms with Crippen LogP contribution in [0.2, 0.25) is 0 Å². The number of carbonyl (C=O) groups is 2. The molecule has 0 aliphatic heterocycles. The monoisotopic (exact) mass is 377 g/mol. The van der Waals surface area contributed by atoms with E-state index in [9.17, 15) is 14.0 Å². The van der Waals surface area contributed by atoms with E-state index in [4.69, 9.17) is 0 Å². The number of anilines is 1. The zero-order valence-electron chi connectivity index (χ0n) is 15.4. The van der Waals surface area contributed by atoms with Gasteiger partial charge in [0.25, 0.3) is 0 Å². The van der Waals surface area contributed by atoms with Gasteiger partial charge in [-0.05, 0) is 47.9 Å². The largest absolute Gasteiger partial charge is 0.331 e. The topological polar surface area (TPSA) is 64.0 Å². The van der Waals surface area contributed by atoms with Crippen molar-refractivity contribution in [1.82, 2.24) is 9.55 Å². The summed E-state index contributed by atoms with van der Waals surface area (Å²) in [5.41, 5.74) is 2.48. The lowest BCUT2D eigenvalue weighted by Gasteiger charge is -2.05. The van der Waals surface area contributed by atoms with Crippen molar-refractivity contribution in [2.75, 3.05) is 5.32 Å². The van der Waals surface area contributed by atoms with Crippen LogP contribution in [0.5, 0.6) is 0 Å². The van der Waals surface area contributed by atoms with Gasteiger partial charge in [-0.15, -0.1) is 0 Å². The highest BCUT2D eigenvalue weighted by Gasteiger charge is 2.07. The van der Waals surface area contributed by atoms with Gasteiger partial charge in [0.1, 0.15) is 5.82 Å². The van der Waals surface area contributed by atoms with E-state index in [1.807, 2.05) is 24.3 Å². The molecule has 1 aromatic heterocycles. The summed E-state index contributed by atoms with van der Waals surface area (Å²) in [6, 6.07) is 13.3. The molecule has 0 atom stereocenters. The maximum Gasteiger partial charge on any atom is 0.224 e. The minimum Gasteiger partial charge on any atom is -0.331 e. The number of amides is 1. The van der Waals surface area contributed by atoms with E-state index in [-0.39, 0.29) is 17.5 Å². The number of ketones is 1. The standard InChI is InChI=1S/C22H20FN3O2/c1-26-15-14-24-22(26)20(27)12-6-16-2-4-17(5-3-16)7-13-21(28)25-19-10-8-18(23)9-11-19/h2-6,8-12,14-15H,7,13H2,1H3,(H,25,28)/b12-6+. The van der Waals surface area contributed by atoms with Crippen molar-refractivity contribution < 1.29 is 14.0 Å². The number of allylic oxidation sites excluding steroid dienone is 1. The number of imidazole rings is 1. The summed E-state index contributed by atoms with van der Waals surface area (Å²) in [6.07, 6.45) is 7.45. The fraction of sp³-hybridized carbons (Fsp3) is 0.136. The molecule has 3 rings (SSSR count). The Morgan fingerprint density at radius 1 is 1.11 bits per heavy atom. The third-order valence-corrected chi connectivity index (χ3v) is 4.22. The number of nitrogens with one attached hydrogen (secondary N) is 1. The fourth-order valence-corrected chi connectivity index (χ4v) is 2.66. The molecule has 0 bridgehead atoms. The summed E-state index contributed by atoms with van der Waals surface area (Å²) >= 11 is 0. The number of carbonyl (C=O) groups excluding carboxylic acids is 2. The lowest BCUT2D eigenvalue weighted by molar-refractivity contribution is -0.116. The zero-order valence-corrected chi connectivity index (χ0v) is 15.4. The molecule has 0 spiro atoms. The highest BCUT2D eigenvalue weighted by atomic mass is 19.1. The Morgan fingerprint density at radius 2 is 1.82 bits per heavy atom. The summed E-state index contributed by atoms with van der Waals surface area (Å²) in [4.78, 5) is 28.1. The van der Waals surface area contributed by atoms with Crippen molar-refractivity contribution in [3.8, 4) is 0 Å². The fourth-order valence-electron chi connectivity index (χ4n) is 2.66. The average Bonchev–Trinajstić information content (AvgIpc) is 3.13. The number of aryl methyl sites for hydroxylation is 2. The number of aromatic nitrogens is 2. The molecule has 28 heavy (non-hydrogen) atoms. The van der Waals surface area contributed by atoms with Crippen molar-refractivity contribution in [2.24, 2.45) is 7.05 Å². The molecule has 6 heteroatoms. The number of benzene rings is 2. The van der Waals surface area contributed by atoms with Crippen molar-refractivity contribution in [1.29, 1.82) is 0 Å². The van der Waals surface area contributed by atoms with Gasteiger partial charge in [0.05, 0.1) is 0 Å². The molecule has 0 aliphatic carbocycles. The van der Waals surface area contributed by atoms with E-state index >= 15 is 0 Å². The van der Waals surface area contributed by atoms with Gasteiger partial charge in [-0.1, -0.05) is 30.3 Å².